The van der Waals surface area contributed by atoms with Crippen molar-refractivity contribution in [2.24, 2.45) is 17.6 Å². The molecule has 3 aliphatic carbocycles. The lowest BCUT2D eigenvalue weighted by Gasteiger charge is -2.38. The molecule has 2 amide bonds. The third-order valence-corrected chi connectivity index (χ3v) is 10.7. The number of primary amides is 1. The van der Waals surface area contributed by atoms with E-state index in [2.05, 4.69) is 4.98 Å². The van der Waals surface area contributed by atoms with Gasteiger partial charge in [0.15, 0.2) is 9.84 Å². The molecule has 1 aliphatic heterocycles. The number of amides is 2. The van der Waals surface area contributed by atoms with Crippen LogP contribution >= 0.6 is 0 Å². The van der Waals surface area contributed by atoms with Gasteiger partial charge >= 0.3 is 6.18 Å². The van der Waals surface area contributed by atoms with E-state index in [4.69, 9.17) is 5.73 Å². The number of benzene rings is 1. The number of alkyl halides is 3. The second-order valence-corrected chi connectivity index (χ2v) is 13.2. The second kappa shape index (κ2) is 8.24. The molecule has 2 heterocycles. The molecule has 7 nitrogen and oxygen atoms in total. The first kappa shape index (κ1) is 25.3. The number of likely N-dealkylation sites (tertiary alicyclic amines) is 1. The van der Waals surface area contributed by atoms with Gasteiger partial charge in [-0.2, -0.15) is 13.2 Å². The van der Waals surface area contributed by atoms with E-state index in [-0.39, 0.29) is 28.7 Å². The first-order valence-electron chi connectivity index (χ1n) is 12.5. The average molecular weight is 552 g/mol. The molecule has 4 fully saturated rings. The Labute approximate surface area is 216 Å². The van der Waals surface area contributed by atoms with Gasteiger partial charge in [-0.05, 0) is 74.1 Å². The van der Waals surface area contributed by atoms with E-state index >= 15 is 0 Å². The zero-order valence-corrected chi connectivity index (χ0v) is 20.9. The molecule has 3 saturated carbocycles. The van der Waals surface area contributed by atoms with Crippen LogP contribution in [0.4, 0.5) is 17.6 Å². The summed E-state index contributed by atoms with van der Waals surface area (Å²) < 4.78 is 79.8. The maximum Gasteiger partial charge on any atom is 0.419 e. The van der Waals surface area contributed by atoms with Crippen LogP contribution in [-0.2, 0) is 20.8 Å². The van der Waals surface area contributed by atoms with Gasteiger partial charge in [-0.3, -0.25) is 14.6 Å². The molecule has 0 bridgehead atoms. The Morgan fingerprint density at radius 1 is 1.11 bits per heavy atom. The Balaban J connectivity index is 1.41. The molecule has 2 aromatic rings. The Kier molecular flexibility index (Phi) is 5.48. The fraction of sp³-hybridized carbons (Fsp3) is 0.500. The number of piperidine rings is 1. The predicted molar refractivity (Wildman–Crippen MR) is 126 cm³/mol. The molecule has 1 saturated heterocycles. The van der Waals surface area contributed by atoms with Crippen molar-refractivity contribution in [3.8, 4) is 0 Å². The van der Waals surface area contributed by atoms with Crippen LogP contribution in [0.3, 0.4) is 0 Å². The van der Waals surface area contributed by atoms with Crippen LogP contribution in [0.1, 0.15) is 65.9 Å². The van der Waals surface area contributed by atoms with Crippen molar-refractivity contribution in [1.29, 1.82) is 0 Å². The number of rotatable bonds is 7. The van der Waals surface area contributed by atoms with E-state index in [1.165, 1.54) is 29.4 Å². The summed E-state index contributed by atoms with van der Waals surface area (Å²) in [5.41, 5.74) is 3.71. The largest absolute Gasteiger partial charge is 0.419 e. The van der Waals surface area contributed by atoms with Gasteiger partial charge in [-0.15, -0.1) is 0 Å². The predicted octanol–water partition coefficient (Wildman–Crippen LogP) is 3.83. The molecule has 12 heteroatoms. The van der Waals surface area contributed by atoms with Gasteiger partial charge in [0.1, 0.15) is 11.9 Å². The van der Waals surface area contributed by atoms with E-state index in [1.807, 2.05) is 0 Å². The highest BCUT2D eigenvalue weighted by Crippen LogP contribution is 2.69. The zero-order chi connectivity index (χ0) is 27.2. The molecule has 1 aromatic carbocycles. The summed E-state index contributed by atoms with van der Waals surface area (Å²) in [4.78, 5) is 31.7. The van der Waals surface area contributed by atoms with Crippen LogP contribution in [-0.4, -0.2) is 46.9 Å². The van der Waals surface area contributed by atoms with Crippen LogP contribution < -0.4 is 5.73 Å². The number of fused-ring (bicyclic) bond motifs is 1. The van der Waals surface area contributed by atoms with Gasteiger partial charge in [0.25, 0.3) is 5.91 Å². The molecule has 4 aliphatic rings. The summed E-state index contributed by atoms with van der Waals surface area (Å²) in [6.45, 7) is 0. The summed E-state index contributed by atoms with van der Waals surface area (Å²) in [6, 6.07) is 3.14. The number of nitrogens with zero attached hydrogens (tertiary/aromatic N) is 2. The minimum Gasteiger partial charge on any atom is -0.368 e. The van der Waals surface area contributed by atoms with Gasteiger partial charge in [0.05, 0.1) is 26.8 Å². The summed E-state index contributed by atoms with van der Waals surface area (Å²) >= 11 is 0. The van der Waals surface area contributed by atoms with Crippen molar-refractivity contribution < 1.29 is 35.6 Å². The Morgan fingerprint density at radius 2 is 1.82 bits per heavy atom. The molecule has 0 radical (unpaired) electrons. The molecule has 0 spiro atoms. The van der Waals surface area contributed by atoms with Crippen LogP contribution in [0.15, 0.2) is 41.6 Å². The molecular weight excluding hydrogens is 526 g/mol. The molecule has 38 heavy (non-hydrogen) atoms. The minimum absolute atomic E-state index is 0.00207. The van der Waals surface area contributed by atoms with Crippen molar-refractivity contribution in [3.63, 3.8) is 0 Å². The highest BCUT2D eigenvalue weighted by atomic mass is 32.2. The molecule has 4 atom stereocenters. The average Bonchev–Trinajstić information content (AvgIpc) is 3.72. The topological polar surface area (TPSA) is 110 Å². The summed E-state index contributed by atoms with van der Waals surface area (Å²) in [7, 11) is -3.64. The Bertz CT molecular complexity index is 1450. The number of hydrogen-bond donors (Lipinski definition) is 1. The second-order valence-electron chi connectivity index (χ2n) is 10.9. The van der Waals surface area contributed by atoms with Crippen molar-refractivity contribution in [3.05, 3.63) is 59.2 Å². The zero-order valence-electron chi connectivity index (χ0n) is 20.1. The minimum atomic E-state index is -4.84. The fourth-order valence-electron chi connectivity index (χ4n) is 6.44. The number of carbonyl (C=O) groups is 2. The lowest BCUT2D eigenvalue weighted by molar-refractivity contribution is -0.140. The van der Waals surface area contributed by atoms with Gasteiger partial charge in [-0.25, -0.2) is 12.8 Å². The number of hydrogen-bond acceptors (Lipinski definition) is 5. The SMILES string of the molecule is NC(=O)C1CC2CC2([C@@H](c2ccc(C(F)(F)F)c(F)c2)C2CC2)N1C(=O)c1cncc(S(=O)(=O)C2CC2)c1. The highest BCUT2D eigenvalue weighted by Gasteiger charge is 2.72. The third-order valence-electron chi connectivity index (χ3n) is 8.48. The molecule has 6 rings (SSSR count). The number of pyridine rings is 1. The van der Waals surface area contributed by atoms with E-state index < -0.39 is 62.0 Å². The maximum atomic E-state index is 14.6. The van der Waals surface area contributed by atoms with Crippen LogP contribution in [0, 0.1) is 17.7 Å². The van der Waals surface area contributed by atoms with E-state index in [0.29, 0.717) is 24.8 Å². The molecule has 202 valence electrons. The normalized spacial score (nSPS) is 27.6. The number of halogens is 4. The molecule has 2 N–H and O–H groups in total. The molecular formula is C26H25F4N3O4S. The number of sulfone groups is 1. The monoisotopic (exact) mass is 551 g/mol. The van der Waals surface area contributed by atoms with Crippen LogP contribution in [0.2, 0.25) is 0 Å². The molecule has 1 aromatic heterocycles. The maximum absolute atomic E-state index is 14.6. The van der Waals surface area contributed by atoms with E-state index in [1.54, 1.807) is 0 Å². The van der Waals surface area contributed by atoms with Crippen LogP contribution in [0.25, 0.3) is 0 Å². The number of nitrogens with two attached hydrogens (primary N) is 1. The van der Waals surface area contributed by atoms with E-state index in [0.717, 1.165) is 25.0 Å². The van der Waals surface area contributed by atoms with Gasteiger partial charge in [0, 0.05) is 18.3 Å². The van der Waals surface area contributed by atoms with Crippen LogP contribution in [0.5, 0.6) is 0 Å². The summed E-state index contributed by atoms with van der Waals surface area (Å²) in [5, 5.41) is -0.507. The van der Waals surface area contributed by atoms with Gasteiger partial charge in [0.2, 0.25) is 5.91 Å². The van der Waals surface area contributed by atoms with Crippen molar-refractivity contribution >= 4 is 21.7 Å². The van der Waals surface area contributed by atoms with Gasteiger partial charge < -0.3 is 10.6 Å². The Hall–Kier alpha value is -3.02. The van der Waals surface area contributed by atoms with Crippen molar-refractivity contribution in [2.75, 3.05) is 0 Å². The smallest absolute Gasteiger partial charge is 0.368 e. The number of aromatic nitrogens is 1. The quantitative estimate of drug-likeness (QED) is 0.526. The van der Waals surface area contributed by atoms with Crippen molar-refractivity contribution in [1.82, 2.24) is 9.88 Å². The third kappa shape index (κ3) is 3.90. The first-order valence-corrected chi connectivity index (χ1v) is 14.1. The number of carbonyl (C=O) groups excluding carboxylic acids is 2. The van der Waals surface area contributed by atoms with Crippen molar-refractivity contribution in [2.45, 2.75) is 72.3 Å². The summed E-state index contributed by atoms with van der Waals surface area (Å²) in [5.74, 6) is -3.38. The van der Waals surface area contributed by atoms with Gasteiger partial charge in [-0.1, -0.05) is 6.07 Å². The standard InChI is InChI=1S/C26H25F4N3O4S/c27-20-8-14(3-6-19(20)26(28,29)30)22(13-1-2-13)25-10-16(25)9-21(23(31)34)33(25)24(35)15-7-18(12-32-11-15)38(36,37)17-4-5-17/h3,6-8,11-13,16-17,21-22H,1-2,4-5,9-10H2,(H2,31,34)/t16?,21?,22-,25?/m1/s1. The highest BCUT2D eigenvalue weighted by molar-refractivity contribution is 7.92. The lowest BCUT2D eigenvalue weighted by atomic mass is 9.82. The van der Waals surface area contributed by atoms with E-state index in [9.17, 15) is 35.6 Å². The fourth-order valence-corrected chi connectivity index (χ4v) is 8.08. The Morgan fingerprint density at radius 3 is 2.39 bits per heavy atom. The summed E-state index contributed by atoms with van der Waals surface area (Å²) in [6.07, 6.45) is 0.919. The lowest BCUT2D eigenvalue weighted by Crippen LogP contribution is -2.53. The first-order chi connectivity index (χ1) is 17.9. The molecule has 3 unspecified atom stereocenters.